The smallest absolute Gasteiger partial charge is 0.257 e. The van der Waals surface area contributed by atoms with E-state index in [0.717, 1.165) is 11.4 Å². The van der Waals surface area contributed by atoms with E-state index in [4.69, 9.17) is 9.47 Å². The summed E-state index contributed by atoms with van der Waals surface area (Å²) < 4.78 is 12.5. The second-order valence-electron chi connectivity index (χ2n) is 9.00. The number of rotatable bonds is 6. The number of piperazine rings is 1. The minimum absolute atomic E-state index is 0.0545. The molecule has 0 N–H and O–H groups in total. The molecule has 0 atom stereocenters. The number of carbonyl (C=O) groups excluding carboxylic acids is 2. The van der Waals surface area contributed by atoms with Crippen LogP contribution in [0.2, 0.25) is 0 Å². The zero-order valence-corrected chi connectivity index (χ0v) is 20.9. The molecule has 0 bridgehead atoms. The summed E-state index contributed by atoms with van der Waals surface area (Å²) in [5.41, 5.74) is 4.08. The predicted molar refractivity (Wildman–Crippen MR) is 134 cm³/mol. The van der Waals surface area contributed by atoms with Crippen molar-refractivity contribution in [3.05, 3.63) is 71.0 Å². The molecule has 1 saturated heterocycles. The maximum absolute atomic E-state index is 13.5. The molecular formula is C27H32N4O4. The molecule has 1 aromatic heterocycles. The second-order valence-corrected chi connectivity index (χ2v) is 9.00. The molecule has 0 spiro atoms. The third-order valence-electron chi connectivity index (χ3n) is 6.36. The summed E-state index contributed by atoms with van der Waals surface area (Å²) in [6.45, 7) is 7.98. The first kappa shape index (κ1) is 24.3. The molecule has 1 aliphatic rings. The van der Waals surface area contributed by atoms with E-state index < -0.39 is 0 Å². The number of amides is 2. The van der Waals surface area contributed by atoms with Crippen LogP contribution in [0.15, 0.2) is 48.7 Å². The number of carbonyl (C=O) groups is 2. The van der Waals surface area contributed by atoms with Gasteiger partial charge in [-0.3, -0.25) is 9.59 Å². The lowest BCUT2D eigenvalue weighted by molar-refractivity contribution is 0.0532. The zero-order valence-electron chi connectivity index (χ0n) is 20.9. The normalized spacial score (nSPS) is 13.8. The summed E-state index contributed by atoms with van der Waals surface area (Å²) in [4.78, 5) is 30.2. The standard InChI is InChI=1S/C27H32N4O4/c1-18(2)25-23(17-28-31(25)20-8-6-19(3)7-9-20)27(33)30-14-12-29(13-15-30)26(32)22-11-10-21(34-4)16-24(22)35-5/h6-11,16-18H,12-15H2,1-5H3. The van der Waals surface area contributed by atoms with Gasteiger partial charge >= 0.3 is 0 Å². The molecule has 1 aliphatic heterocycles. The van der Waals surface area contributed by atoms with Crippen molar-refractivity contribution >= 4 is 11.8 Å². The van der Waals surface area contributed by atoms with E-state index in [-0.39, 0.29) is 17.7 Å². The van der Waals surface area contributed by atoms with Gasteiger partial charge in [-0.15, -0.1) is 0 Å². The van der Waals surface area contributed by atoms with Crippen LogP contribution >= 0.6 is 0 Å². The fourth-order valence-corrected chi connectivity index (χ4v) is 4.40. The van der Waals surface area contributed by atoms with Crippen molar-refractivity contribution < 1.29 is 19.1 Å². The Morgan fingerprint density at radius 2 is 1.46 bits per heavy atom. The van der Waals surface area contributed by atoms with Crippen molar-refractivity contribution in [2.75, 3.05) is 40.4 Å². The second kappa shape index (κ2) is 10.2. The van der Waals surface area contributed by atoms with Gasteiger partial charge < -0.3 is 19.3 Å². The summed E-state index contributed by atoms with van der Waals surface area (Å²) in [6, 6.07) is 13.3. The van der Waals surface area contributed by atoms with Gasteiger partial charge in [0.15, 0.2) is 0 Å². The lowest BCUT2D eigenvalue weighted by Gasteiger charge is -2.35. The van der Waals surface area contributed by atoms with Gasteiger partial charge in [-0.05, 0) is 37.1 Å². The van der Waals surface area contributed by atoms with Crippen molar-refractivity contribution in [2.45, 2.75) is 26.7 Å². The van der Waals surface area contributed by atoms with Crippen LogP contribution in [0, 0.1) is 6.92 Å². The molecular weight excluding hydrogens is 444 g/mol. The summed E-state index contributed by atoms with van der Waals surface area (Å²) in [6.07, 6.45) is 1.66. The molecule has 3 aromatic rings. The van der Waals surface area contributed by atoms with Crippen molar-refractivity contribution in [1.82, 2.24) is 19.6 Å². The van der Waals surface area contributed by atoms with Crippen molar-refractivity contribution in [3.8, 4) is 17.2 Å². The third-order valence-corrected chi connectivity index (χ3v) is 6.36. The van der Waals surface area contributed by atoms with Crippen LogP contribution < -0.4 is 9.47 Å². The van der Waals surface area contributed by atoms with Crippen LogP contribution in [0.25, 0.3) is 5.69 Å². The molecule has 184 valence electrons. The van der Waals surface area contributed by atoms with E-state index in [1.165, 1.54) is 12.7 Å². The molecule has 0 radical (unpaired) electrons. The Labute approximate surface area is 206 Å². The maximum atomic E-state index is 13.5. The number of benzene rings is 2. The minimum Gasteiger partial charge on any atom is -0.497 e. The van der Waals surface area contributed by atoms with Crippen LogP contribution in [0.4, 0.5) is 0 Å². The molecule has 0 unspecified atom stereocenters. The van der Waals surface area contributed by atoms with Crippen LogP contribution in [-0.2, 0) is 0 Å². The van der Waals surface area contributed by atoms with Gasteiger partial charge in [-0.1, -0.05) is 31.5 Å². The highest BCUT2D eigenvalue weighted by Crippen LogP contribution is 2.27. The molecule has 8 heteroatoms. The Hall–Kier alpha value is -3.81. The molecule has 2 amide bonds. The highest BCUT2D eigenvalue weighted by molar-refractivity contribution is 5.98. The molecule has 1 fully saturated rings. The van der Waals surface area contributed by atoms with Crippen LogP contribution in [-0.4, -0.2) is 71.8 Å². The number of nitrogens with zero attached hydrogens (tertiary/aromatic N) is 4. The quantitative estimate of drug-likeness (QED) is 0.539. The van der Waals surface area contributed by atoms with E-state index >= 15 is 0 Å². The Kier molecular flexibility index (Phi) is 7.10. The van der Waals surface area contributed by atoms with Gasteiger partial charge in [0.25, 0.3) is 11.8 Å². The Balaban J connectivity index is 1.49. The van der Waals surface area contributed by atoms with E-state index in [1.54, 1.807) is 41.3 Å². The van der Waals surface area contributed by atoms with Crippen molar-refractivity contribution in [1.29, 1.82) is 0 Å². The number of hydrogen-bond donors (Lipinski definition) is 0. The molecule has 2 aromatic carbocycles. The van der Waals surface area contributed by atoms with Crippen LogP contribution in [0.1, 0.15) is 51.7 Å². The lowest BCUT2D eigenvalue weighted by atomic mass is 10.0. The molecule has 35 heavy (non-hydrogen) atoms. The predicted octanol–water partition coefficient (Wildman–Crippen LogP) is 3.92. The van der Waals surface area contributed by atoms with Gasteiger partial charge in [0.05, 0.1) is 42.9 Å². The molecule has 2 heterocycles. The topological polar surface area (TPSA) is 76.9 Å². The highest BCUT2D eigenvalue weighted by atomic mass is 16.5. The average Bonchev–Trinajstić information content (AvgIpc) is 3.33. The van der Waals surface area contributed by atoms with E-state index in [9.17, 15) is 9.59 Å². The van der Waals surface area contributed by atoms with Crippen LogP contribution in [0.3, 0.4) is 0 Å². The lowest BCUT2D eigenvalue weighted by Crippen LogP contribution is -2.50. The van der Waals surface area contributed by atoms with Crippen molar-refractivity contribution in [2.24, 2.45) is 0 Å². The fourth-order valence-electron chi connectivity index (χ4n) is 4.40. The Bertz CT molecular complexity index is 1210. The minimum atomic E-state index is -0.119. The number of aryl methyl sites for hydroxylation is 1. The largest absolute Gasteiger partial charge is 0.497 e. The van der Waals surface area contributed by atoms with Gasteiger partial charge in [-0.25, -0.2) is 4.68 Å². The number of ether oxygens (including phenoxy) is 2. The van der Waals surface area contributed by atoms with Crippen molar-refractivity contribution in [3.63, 3.8) is 0 Å². The van der Waals surface area contributed by atoms with Gasteiger partial charge in [0.1, 0.15) is 11.5 Å². The first-order chi connectivity index (χ1) is 16.8. The highest BCUT2D eigenvalue weighted by Gasteiger charge is 2.30. The molecule has 0 aliphatic carbocycles. The fraction of sp³-hybridized carbons (Fsp3) is 0.370. The molecule has 0 saturated carbocycles. The first-order valence-corrected chi connectivity index (χ1v) is 11.8. The molecule has 4 rings (SSSR count). The van der Waals surface area contributed by atoms with Crippen LogP contribution in [0.5, 0.6) is 11.5 Å². The maximum Gasteiger partial charge on any atom is 0.257 e. The first-order valence-electron chi connectivity index (χ1n) is 11.8. The van der Waals surface area contributed by atoms with E-state index in [0.29, 0.717) is 48.8 Å². The SMILES string of the molecule is COc1ccc(C(=O)N2CCN(C(=O)c3cnn(-c4ccc(C)cc4)c3C(C)C)CC2)c(OC)c1. The monoisotopic (exact) mass is 476 g/mol. The number of aromatic nitrogens is 2. The van der Waals surface area contributed by atoms with E-state index in [1.807, 2.05) is 35.9 Å². The molecule has 8 nitrogen and oxygen atoms in total. The summed E-state index contributed by atoms with van der Waals surface area (Å²) >= 11 is 0. The number of hydrogen-bond acceptors (Lipinski definition) is 5. The zero-order chi connectivity index (χ0) is 25.1. The summed E-state index contributed by atoms with van der Waals surface area (Å²) in [7, 11) is 3.10. The average molecular weight is 477 g/mol. The summed E-state index contributed by atoms with van der Waals surface area (Å²) in [5, 5.41) is 4.55. The number of methoxy groups -OCH3 is 2. The Morgan fingerprint density at radius 1 is 0.857 bits per heavy atom. The Morgan fingerprint density at radius 3 is 2.00 bits per heavy atom. The van der Waals surface area contributed by atoms with Gasteiger partial charge in [-0.2, -0.15) is 5.10 Å². The van der Waals surface area contributed by atoms with E-state index in [2.05, 4.69) is 18.9 Å². The summed E-state index contributed by atoms with van der Waals surface area (Å²) in [5.74, 6) is 1.04. The van der Waals surface area contributed by atoms with Gasteiger partial charge in [0.2, 0.25) is 0 Å². The van der Waals surface area contributed by atoms with Gasteiger partial charge in [0, 0.05) is 32.2 Å². The third kappa shape index (κ3) is 4.87.